The molecule has 2 aromatic heterocycles. The first-order valence-corrected chi connectivity index (χ1v) is 4.97. The minimum absolute atomic E-state index is 0.0702. The lowest BCUT2D eigenvalue weighted by atomic mass is 10.2. The van der Waals surface area contributed by atoms with Gasteiger partial charge in [-0.3, -0.25) is 4.79 Å². The lowest BCUT2D eigenvalue weighted by Gasteiger charge is -2.01. The fourth-order valence-corrected chi connectivity index (χ4v) is 1.60. The second-order valence-corrected chi connectivity index (χ2v) is 3.51. The van der Waals surface area contributed by atoms with Crippen LogP contribution in [0, 0.1) is 0 Å². The monoisotopic (exact) mass is 221 g/mol. The molecule has 0 atom stereocenters. The first-order valence-electron chi connectivity index (χ1n) is 4.97. The smallest absolute Gasteiger partial charge is 0.356 e. The predicted molar refractivity (Wildman–Crippen MR) is 56.8 cm³/mol. The van der Waals surface area contributed by atoms with E-state index in [9.17, 15) is 9.59 Å². The molecule has 0 aromatic carbocycles. The zero-order valence-electron chi connectivity index (χ0n) is 8.73. The van der Waals surface area contributed by atoms with Crippen molar-refractivity contribution < 1.29 is 9.90 Å². The number of hydrogen-bond acceptors (Lipinski definition) is 3. The molecule has 0 unspecified atom stereocenters. The second kappa shape index (κ2) is 3.80. The average Bonchev–Trinajstić information content (AvgIpc) is 2.61. The van der Waals surface area contributed by atoms with Gasteiger partial charge in [0, 0.05) is 17.8 Å². The molecule has 0 aliphatic rings. The summed E-state index contributed by atoms with van der Waals surface area (Å²) < 4.78 is 1.47. The van der Waals surface area contributed by atoms with Crippen molar-refractivity contribution in [3.05, 3.63) is 33.9 Å². The van der Waals surface area contributed by atoms with E-state index >= 15 is 0 Å². The van der Waals surface area contributed by atoms with Gasteiger partial charge in [-0.15, -0.1) is 0 Å². The van der Waals surface area contributed by atoms with Crippen molar-refractivity contribution in [2.24, 2.45) is 0 Å². The van der Waals surface area contributed by atoms with Gasteiger partial charge in [-0.2, -0.15) is 5.10 Å². The third kappa shape index (κ3) is 1.69. The number of nitrogens with zero attached hydrogens (tertiary/aromatic N) is 2. The number of H-pyrrole nitrogens is 1. The Hall–Kier alpha value is -2.11. The van der Waals surface area contributed by atoms with Gasteiger partial charge >= 0.3 is 5.97 Å². The first-order chi connectivity index (χ1) is 7.61. The summed E-state index contributed by atoms with van der Waals surface area (Å²) >= 11 is 0. The Morgan fingerprint density at radius 1 is 1.56 bits per heavy atom. The number of aromatic carboxylic acids is 1. The van der Waals surface area contributed by atoms with Crippen molar-refractivity contribution in [3.8, 4) is 0 Å². The van der Waals surface area contributed by atoms with Crippen LogP contribution >= 0.6 is 0 Å². The molecule has 0 amide bonds. The first kappa shape index (κ1) is 10.4. The number of aromatic amines is 1. The Morgan fingerprint density at radius 2 is 2.31 bits per heavy atom. The van der Waals surface area contributed by atoms with Crippen molar-refractivity contribution >= 4 is 11.6 Å². The maximum Gasteiger partial charge on any atom is 0.356 e. The van der Waals surface area contributed by atoms with Gasteiger partial charge in [0.15, 0.2) is 5.69 Å². The number of aromatic nitrogens is 3. The fourth-order valence-electron chi connectivity index (χ4n) is 1.60. The molecule has 2 rings (SSSR count). The molecule has 2 aromatic rings. The number of carbonyl (C=O) groups is 1. The van der Waals surface area contributed by atoms with Crippen LogP contribution < -0.4 is 5.56 Å². The molecular formula is C10H11N3O3. The highest BCUT2D eigenvalue weighted by Crippen LogP contribution is 2.06. The number of carboxylic acids is 1. The minimum Gasteiger partial charge on any atom is -0.476 e. The summed E-state index contributed by atoms with van der Waals surface area (Å²) in [4.78, 5) is 24.6. The number of rotatable bonds is 3. The van der Waals surface area contributed by atoms with Gasteiger partial charge in [-0.1, -0.05) is 13.3 Å². The molecule has 0 spiro atoms. The van der Waals surface area contributed by atoms with Crippen LogP contribution in [0.2, 0.25) is 0 Å². The number of hydrogen-bond donors (Lipinski definition) is 2. The molecule has 6 heteroatoms. The highest BCUT2D eigenvalue weighted by molar-refractivity contribution is 5.86. The molecule has 0 aliphatic heterocycles. The van der Waals surface area contributed by atoms with E-state index < -0.39 is 5.97 Å². The lowest BCUT2D eigenvalue weighted by molar-refractivity contribution is 0.0690. The number of fused-ring (bicyclic) bond motifs is 1. The van der Waals surface area contributed by atoms with Crippen LogP contribution in [-0.2, 0) is 6.42 Å². The molecule has 0 fully saturated rings. The van der Waals surface area contributed by atoms with E-state index in [0.717, 1.165) is 6.42 Å². The van der Waals surface area contributed by atoms with Crippen molar-refractivity contribution in [1.29, 1.82) is 0 Å². The van der Waals surface area contributed by atoms with E-state index in [4.69, 9.17) is 5.11 Å². The third-order valence-corrected chi connectivity index (χ3v) is 2.26. The summed E-state index contributed by atoms with van der Waals surface area (Å²) in [5, 5.41) is 12.7. The number of nitrogens with one attached hydrogen (secondary N) is 1. The normalized spacial score (nSPS) is 10.8. The van der Waals surface area contributed by atoms with Crippen molar-refractivity contribution in [2.45, 2.75) is 19.8 Å². The molecule has 0 radical (unpaired) electrons. The predicted octanol–water partition coefficient (Wildman–Crippen LogP) is 0.673. The maximum atomic E-state index is 11.3. The number of aryl methyl sites for hydroxylation is 1. The van der Waals surface area contributed by atoms with Gasteiger partial charge in [0.1, 0.15) is 5.65 Å². The Kier molecular flexibility index (Phi) is 2.47. The molecule has 2 N–H and O–H groups in total. The topological polar surface area (TPSA) is 87.5 Å². The SMILES string of the molecule is CCCc1cc(=O)[nH]c2cc(C(=O)O)nn12. The molecular weight excluding hydrogens is 210 g/mol. The van der Waals surface area contributed by atoms with Crippen LogP contribution in [0.5, 0.6) is 0 Å². The fraction of sp³-hybridized carbons (Fsp3) is 0.300. The zero-order valence-corrected chi connectivity index (χ0v) is 8.73. The van der Waals surface area contributed by atoms with E-state index in [-0.39, 0.29) is 11.3 Å². The largest absolute Gasteiger partial charge is 0.476 e. The van der Waals surface area contributed by atoms with Crippen LogP contribution in [0.25, 0.3) is 5.65 Å². The van der Waals surface area contributed by atoms with Crippen LogP contribution in [0.4, 0.5) is 0 Å². The molecule has 0 saturated carbocycles. The van der Waals surface area contributed by atoms with Gasteiger partial charge in [0.05, 0.1) is 0 Å². The van der Waals surface area contributed by atoms with E-state index in [2.05, 4.69) is 10.1 Å². The summed E-state index contributed by atoms with van der Waals surface area (Å²) in [7, 11) is 0. The average molecular weight is 221 g/mol. The van der Waals surface area contributed by atoms with Crippen molar-refractivity contribution in [3.63, 3.8) is 0 Å². The van der Waals surface area contributed by atoms with Crippen LogP contribution in [0.15, 0.2) is 16.9 Å². The molecule has 2 heterocycles. The van der Waals surface area contributed by atoms with Gasteiger partial charge in [0.2, 0.25) is 0 Å². The van der Waals surface area contributed by atoms with Crippen LogP contribution in [-0.4, -0.2) is 25.7 Å². The Balaban J connectivity index is 2.70. The van der Waals surface area contributed by atoms with Gasteiger partial charge < -0.3 is 10.1 Å². The van der Waals surface area contributed by atoms with Crippen LogP contribution in [0.3, 0.4) is 0 Å². The highest BCUT2D eigenvalue weighted by atomic mass is 16.4. The standard InChI is InChI=1S/C10H11N3O3/c1-2-3-6-4-9(14)11-8-5-7(10(15)16)12-13(6)8/h4-5H,2-3H2,1H3,(H,11,14)(H,15,16). The molecule has 84 valence electrons. The van der Waals surface area contributed by atoms with E-state index in [1.165, 1.54) is 16.6 Å². The molecule has 16 heavy (non-hydrogen) atoms. The summed E-state index contributed by atoms with van der Waals surface area (Å²) in [6, 6.07) is 2.79. The third-order valence-electron chi connectivity index (χ3n) is 2.26. The Bertz CT molecular complexity index is 597. The van der Waals surface area contributed by atoms with E-state index in [1.54, 1.807) is 0 Å². The van der Waals surface area contributed by atoms with Crippen molar-refractivity contribution in [1.82, 2.24) is 14.6 Å². The molecule has 0 aliphatic carbocycles. The zero-order chi connectivity index (χ0) is 11.7. The van der Waals surface area contributed by atoms with Gasteiger partial charge in [0.25, 0.3) is 5.56 Å². The van der Waals surface area contributed by atoms with Gasteiger partial charge in [-0.25, -0.2) is 9.31 Å². The van der Waals surface area contributed by atoms with Crippen molar-refractivity contribution in [2.75, 3.05) is 0 Å². The summed E-state index contributed by atoms with van der Waals surface area (Å²) in [5.41, 5.74) is 0.814. The quantitative estimate of drug-likeness (QED) is 0.797. The van der Waals surface area contributed by atoms with E-state index in [1.807, 2.05) is 6.92 Å². The Morgan fingerprint density at radius 3 is 2.94 bits per heavy atom. The van der Waals surface area contributed by atoms with E-state index in [0.29, 0.717) is 17.8 Å². The summed E-state index contributed by atoms with van der Waals surface area (Å²) in [6.07, 6.45) is 1.54. The Labute approximate surface area is 90.5 Å². The molecule has 6 nitrogen and oxygen atoms in total. The molecule has 0 bridgehead atoms. The summed E-state index contributed by atoms with van der Waals surface area (Å²) in [5.74, 6) is -1.10. The highest BCUT2D eigenvalue weighted by Gasteiger charge is 2.11. The second-order valence-electron chi connectivity index (χ2n) is 3.51. The number of carboxylic acid groups (broad SMARTS) is 1. The summed E-state index contributed by atoms with van der Waals surface area (Å²) in [6.45, 7) is 1.98. The molecule has 0 saturated heterocycles. The van der Waals surface area contributed by atoms with Gasteiger partial charge in [-0.05, 0) is 6.42 Å². The minimum atomic E-state index is -1.10. The van der Waals surface area contributed by atoms with Crippen LogP contribution in [0.1, 0.15) is 29.5 Å². The maximum absolute atomic E-state index is 11.3. The lowest BCUT2D eigenvalue weighted by Crippen LogP contribution is -2.11.